The fourth-order valence-corrected chi connectivity index (χ4v) is 6.86. The Kier molecular flexibility index (Phi) is 4.71. The molecule has 4 aromatic heterocycles. The van der Waals surface area contributed by atoms with E-state index < -0.39 is 0 Å². The van der Waals surface area contributed by atoms with Gasteiger partial charge in [0.1, 0.15) is 45.2 Å². The number of hydrogen-bond acceptors (Lipinski definition) is 6. The Morgan fingerprint density at radius 2 is 0.837 bits per heavy atom. The molecule has 0 fully saturated rings. The van der Waals surface area contributed by atoms with Gasteiger partial charge in [-0.2, -0.15) is 0 Å². The predicted molar refractivity (Wildman–Crippen MR) is 169 cm³/mol. The van der Waals surface area contributed by atoms with Gasteiger partial charge in [0.05, 0.1) is 0 Å². The predicted octanol–water partition coefficient (Wildman–Crippen LogP) is 3.13. The highest BCUT2D eigenvalue weighted by Crippen LogP contribution is 2.38. The molecule has 0 atom stereocenters. The van der Waals surface area contributed by atoms with Crippen molar-refractivity contribution in [1.82, 2.24) is 19.9 Å². The van der Waals surface area contributed by atoms with Crippen LogP contribution >= 0.6 is 0 Å². The Hall–Kier alpha value is -5.94. The van der Waals surface area contributed by atoms with Gasteiger partial charge in [0.2, 0.25) is 0 Å². The molecule has 11 heteroatoms. The fraction of sp³-hybridized carbons (Fsp3) is 0. The summed E-state index contributed by atoms with van der Waals surface area (Å²) in [5, 5.41) is 28.8. The van der Waals surface area contributed by atoms with Crippen LogP contribution in [0.5, 0.6) is 11.5 Å². The molecule has 0 saturated heterocycles. The third kappa shape index (κ3) is 3.39. The van der Waals surface area contributed by atoms with Crippen LogP contribution in [0.1, 0.15) is 0 Å². The highest BCUT2D eigenvalue weighted by Gasteiger charge is 2.19. The maximum atomic E-state index is 10.7. The first kappa shape index (κ1) is 23.7. The second-order valence-corrected chi connectivity index (χ2v) is 11.7. The Morgan fingerprint density at radius 3 is 1.30 bits per heavy atom. The first-order valence-corrected chi connectivity index (χ1v) is 14.8. The maximum Gasteiger partial charge on any atom is 0.158 e. The smallest absolute Gasteiger partial charge is 0.158 e. The minimum Gasteiger partial charge on any atom is -0.504 e. The molecule has 0 amide bonds. The molecular weight excluding hydrogens is 556 g/mol. The lowest BCUT2D eigenvalue weighted by Crippen LogP contribution is -2.10. The zero-order valence-electron chi connectivity index (χ0n) is 22.7. The van der Waals surface area contributed by atoms with E-state index in [4.69, 9.17) is 20.0 Å². The number of benzene rings is 4. The number of aromatic hydroxyl groups is 2. The molecule has 6 N–H and O–H groups in total. The van der Waals surface area contributed by atoms with Crippen molar-refractivity contribution < 1.29 is 10.2 Å². The van der Waals surface area contributed by atoms with Crippen LogP contribution in [0.15, 0.2) is 98.8 Å². The summed E-state index contributed by atoms with van der Waals surface area (Å²) >= 11 is 0. The summed E-state index contributed by atoms with van der Waals surface area (Å²) < 4.78 is 0. The third-order valence-corrected chi connectivity index (χ3v) is 9.14. The first-order chi connectivity index (χ1) is 21.0. The molecular formula is C32H22N8O2Si. The highest BCUT2D eigenvalue weighted by atomic mass is 28.1. The van der Waals surface area contributed by atoms with Gasteiger partial charge in [0.25, 0.3) is 0 Å². The molecule has 8 aromatic rings. The molecule has 5 heterocycles. The third-order valence-electron chi connectivity index (χ3n) is 8.17. The average Bonchev–Trinajstić information content (AvgIpc) is 3.75. The van der Waals surface area contributed by atoms with Gasteiger partial charge in [-0.25, -0.2) is 20.0 Å². The topological polar surface area (TPSA) is 153 Å². The molecule has 206 valence electrons. The van der Waals surface area contributed by atoms with Crippen molar-refractivity contribution in [1.29, 1.82) is 0 Å². The van der Waals surface area contributed by atoms with E-state index in [-0.39, 0.29) is 11.5 Å². The number of phenols is 2. The largest absolute Gasteiger partial charge is 0.504 e. The van der Waals surface area contributed by atoms with Gasteiger partial charge in [-0.3, -0.25) is 0 Å². The van der Waals surface area contributed by atoms with E-state index in [1.54, 1.807) is 0 Å². The zero-order valence-corrected chi connectivity index (χ0v) is 24.7. The van der Waals surface area contributed by atoms with E-state index in [0.717, 1.165) is 32.3 Å². The van der Waals surface area contributed by atoms with E-state index >= 15 is 0 Å². The molecule has 43 heavy (non-hydrogen) atoms. The number of hydrogen-bond donors (Lipinski definition) is 6. The molecule has 0 aliphatic carbocycles. The van der Waals surface area contributed by atoms with E-state index in [1.807, 2.05) is 72.8 Å². The molecule has 1 aliphatic rings. The Morgan fingerprint density at radius 1 is 0.465 bits per heavy atom. The monoisotopic (exact) mass is 578 g/mol. The van der Waals surface area contributed by atoms with Crippen LogP contribution in [0, 0.1) is 0 Å². The lowest BCUT2D eigenvalue weighted by atomic mass is 10.1. The molecule has 1 aliphatic heterocycles. The number of rotatable bonds is 0. The second-order valence-electron chi connectivity index (χ2n) is 10.7. The van der Waals surface area contributed by atoms with Crippen molar-refractivity contribution in [3.8, 4) is 11.5 Å². The molecule has 0 spiro atoms. The summed E-state index contributed by atoms with van der Waals surface area (Å²) in [6.45, 7) is 0. The average molecular weight is 579 g/mol. The van der Waals surface area contributed by atoms with Gasteiger partial charge < -0.3 is 30.1 Å². The van der Waals surface area contributed by atoms with Crippen LogP contribution in [0.3, 0.4) is 0 Å². The SMILES string of the molecule is Oc1cc2c3[nH]c(c2c([SiH3])c1O)N=c1[nH]c(c2ccccc12)=Nc1[nH]c(c2ccccc12)N=c1[nH]c(c2ccccc12)=N3. The lowest BCUT2D eigenvalue weighted by Gasteiger charge is -2.04. The molecule has 0 saturated carbocycles. The Labute approximate surface area is 244 Å². The van der Waals surface area contributed by atoms with Crippen LogP contribution in [0.4, 0.5) is 23.3 Å². The van der Waals surface area contributed by atoms with Crippen molar-refractivity contribution in [2.45, 2.75) is 0 Å². The Bertz CT molecular complexity index is 2730. The summed E-state index contributed by atoms with van der Waals surface area (Å²) in [7, 11) is 0.468. The van der Waals surface area contributed by atoms with Crippen LogP contribution < -0.4 is 27.1 Å². The number of H-pyrrole nitrogens is 4. The van der Waals surface area contributed by atoms with E-state index in [9.17, 15) is 10.2 Å². The molecule has 8 bridgehead atoms. The van der Waals surface area contributed by atoms with Gasteiger partial charge in [0, 0.05) is 53.3 Å². The second kappa shape index (κ2) is 8.53. The molecule has 9 rings (SSSR count). The highest BCUT2D eigenvalue weighted by molar-refractivity contribution is 6.42. The minimum absolute atomic E-state index is 0.139. The number of aromatic nitrogens is 4. The van der Waals surface area contributed by atoms with Crippen LogP contribution in [0.2, 0.25) is 0 Å². The number of nitrogens with zero attached hydrogens (tertiary/aromatic N) is 4. The number of fused-ring (bicyclic) bond motifs is 20. The lowest BCUT2D eigenvalue weighted by molar-refractivity contribution is 0.407. The van der Waals surface area contributed by atoms with Crippen LogP contribution in [0.25, 0.3) is 43.1 Å². The van der Waals surface area contributed by atoms with Gasteiger partial charge in [0.15, 0.2) is 11.5 Å². The summed E-state index contributed by atoms with van der Waals surface area (Å²) in [5.74, 6) is 2.04. The minimum atomic E-state index is -0.196. The fourth-order valence-electron chi connectivity index (χ4n) is 6.10. The summed E-state index contributed by atoms with van der Waals surface area (Å²) in [4.78, 5) is 33.9. The number of phenolic OH excluding ortho intramolecular Hbond substituents is 2. The molecule has 0 radical (unpaired) electrons. The zero-order chi connectivity index (χ0) is 28.8. The van der Waals surface area contributed by atoms with Crippen LogP contribution in [-0.2, 0) is 0 Å². The van der Waals surface area contributed by atoms with E-state index in [2.05, 4.69) is 19.9 Å². The van der Waals surface area contributed by atoms with Crippen molar-refractivity contribution in [2.75, 3.05) is 0 Å². The van der Waals surface area contributed by atoms with Crippen molar-refractivity contribution in [3.63, 3.8) is 0 Å². The van der Waals surface area contributed by atoms with E-state index in [1.165, 1.54) is 6.07 Å². The number of nitrogens with one attached hydrogen (secondary N) is 4. The normalized spacial score (nSPS) is 12.8. The van der Waals surface area contributed by atoms with E-state index in [0.29, 0.717) is 71.4 Å². The summed E-state index contributed by atoms with van der Waals surface area (Å²) in [6.07, 6.45) is 0. The standard InChI is InChI=1S/C32H22N8O2Si/c41-21-13-20-22(24(43)23(21)42)32-39-30-19-12-6-5-11-18(19)28(37-30)35-26-15-8-2-1-7-14(15)25(33-26)34-27-16-9-3-4-10-17(16)29(36-27)38-31(20)40-32/h1-13,41-42H,43H3,(H4,33,34,35,36,37,38,39,40). The van der Waals surface area contributed by atoms with Gasteiger partial charge in [-0.15, -0.1) is 0 Å². The maximum absolute atomic E-state index is 10.7. The van der Waals surface area contributed by atoms with Gasteiger partial charge in [-0.1, -0.05) is 72.8 Å². The molecule has 4 aromatic carbocycles. The Balaban J connectivity index is 1.52. The first-order valence-electron chi connectivity index (χ1n) is 13.8. The number of aromatic amines is 4. The van der Waals surface area contributed by atoms with Gasteiger partial charge in [-0.05, 0) is 11.3 Å². The van der Waals surface area contributed by atoms with Crippen LogP contribution in [-0.4, -0.2) is 40.4 Å². The quantitative estimate of drug-likeness (QED) is 0.121. The van der Waals surface area contributed by atoms with Crippen molar-refractivity contribution in [2.24, 2.45) is 20.0 Å². The van der Waals surface area contributed by atoms with Crippen molar-refractivity contribution >= 4 is 81.8 Å². The van der Waals surface area contributed by atoms with Gasteiger partial charge >= 0.3 is 0 Å². The molecule has 10 nitrogen and oxygen atoms in total. The summed E-state index contributed by atoms with van der Waals surface area (Å²) in [6, 6.07) is 25.5. The molecule has 0 unspecified atom stereocenters. The summed E-state index contributed by atoms with van der Waals surface area (Å²) in [5.41, 5.74) is 2.52. The van der Waals surface area contributed by atoms with Crippen molar-refractivity contribution in [3.05, 3.63) is 101 Å².